The van der Waals surface area contributed by atoms with Crippen LogP contribution in [0, 0.1) is 13.8 Å². The SMILES string of the molecule is CCCC(O)CNC(=O)CCC(=O)c1cc(C)ccc1C. The fourth-order valence-corrected chi connectivity index (χ4v) is 2.15. The first kappa shape index (κ1) is 17.4. The van der Waals surface area contributed by atoms with Gasteiger partial charge in [-0.25, -0.2) is 0 Å². The van der Waals surface area contributed by atoms with Crippen molar-refractivity contribution in [1.82, 2.24) is 5.32 Å². The zero-order valence-corrected chi connectivity index (χ0v) is 13.1. The number of Topliss-reactive ketones (excluding diaryl/α,β-unsaturated/α-hetero) is 1. The summed E-state index contributed by atoms with van der Waals surface area (Å²) in [5, 5.41) is 12.2. The van der Waals surface area contributed by atoms with E-state index in [2.05, 4.69) is 5.32 Å². The summed E-state index contributed by atoms with van der Waals surface area (Å²) in [6.45, 7) is 6.07. The molecule has 0 saturated heterocycles. The molecule has 0 radical (unpaired) electrons. The Labute approximate surface area is 126 Å². The van der Waals surface area contributed by atoms with Crippen molar-refractivity contribution in [3.63, 3.8) is 0 Å². The normalized spacial score (nSPS) is 12.0. The second kappa shape index (κ2) is 8.57. The van der Waals surface area contributed by atoms with Gasteiger partial charge in [-0.2, -0.15) is 0 Å². The second-order valence-electron chi connectivity index (χ2n) is 5.49. The average Bonchev–Trinajstić information content (AvgIpc) is 2.45. The molecule has 0 aliphatic rings. The van der Waals surface area contributed by atoms with Crippen LogP contribution in [0.5, 0.6) is 0 Å². The van der Waals surface area contributed by atoms with Gasteiger partial charge in [0.05, 0.1) is 6.10 Å². The van der Waals surface area contributed by atoms with E-state index < -0.39 is 6.10 Å². The molecule has 0 saturated carbocycles. The van der Waals surface area contributed by atoms with Gasteiger partial charge in [0, 0.05) is 24.9 Å². The summed E-state index contributed by atoms with van der Waals surface area (Å²) in [5.41, 5.74) is 2.66. The van der Waals surface area contributed by atoms with Crippen molar-refractivity contribution in [1.29, 1.82) is 0 Å². The van der Waals surface area contributed by atoms with Gasteiger partial charge in [-0.3, -0.25) is 9.59 Å². The molecule has 0 aliphatic carbocycles. The molecule has 0 fully saturated rings. The topological polar surface area (TPSA) is 66.4 Å². The van der Waals surface area contributed by atoms with E-state index in [1.54, 1.807) is 0 Å². The molecule has 1 atom stereocenters. The lowest BCUT2D eigenvalue weighted by Gasteiger charge is -2.11. The average molecular weight is 291 g/mol. The first-order chi connectivity index (χ1) is 9.93. The van der Waals surface area contributed by atoms with Gasteiger partial charge in [0.25, 0.3) is 0 Å². The number of rotatable bonds is 8. The van der Waals surface area contributed by atoms with Gasteiger partial charge in [0.1, 0.15) is 0 Å². The molecule has 0 spiro atoms. The largest absolute Gasteiger partial charge is 0.391 e. The van der Waals surface area contributed by atoms with E-state index in [4.69, 9.17) is 0 Å². The molecule has 21 heavy (non-hydrogen) atoms. The number of hydrogen-bond acceptors (Lipinski definition) is 3. The Morgan fingerprint density at radius 2 is 1.95 bits per heavy atom. The maximum atomic E-state index is 12.1. The van der Waals surface area contributed by atoms with Gasteiger partial charge in [0.2, 0.25) is 5.91 Å². The highest BCUT2D eigenvalue weighted by molar-refractivity contribution is 5.99. The third kappa shape index (κ3) is 6.08. The molecular weight excluding hydrogens is 266 g/mol. The smallest absolute Gasteiger partial charge is 0.220 e. The number of carbonyl (C=O) groups is 2. The van der Waals surface area contributed by atoms with Crippen LogP contribution in [0.3, 0.4) is 0 Å². The first-order valence-electron chi connectivity index (χ1n) is 7.49. The fourth-order valence-electron chi connectivity index (χ4n) is 2.15. The number of nitrogens with one attached hydrogen (secondary N) is 1. The van der Waals surface area contributed by atoms with Crippen molar-refractivity contribution >= 4 is 11.7 Å². The molecule has 1 unspecified atom stereocenters. The maximum Gasteiger partial charge on any atom is 0.220 e. The number of aliphatic hydroxyl groups excluding tert-OH is 1. The van der Waals surface area contributed by atoms with Gasteiger partial charge in [-0.1, -0.05) is 31.0 Å². The Balaban J connectivity index is 2.42. The lowest BCUT2D eigenvalue weighted by molar-refractivity contribution is -0.121. The minimum Gasteiger partial charge on any atom is -0.391 e. The third-order valence-corrected chi connectivity index (χ3v) is 3.43. The Bertz CT molecular complexity index is 497. The minimum absolute atomic E-state index is 0.0135. The highest BCUT2D eigenvalue weighted by Gasteiger charge is 2.12. The first-order valence-corrected chi connectivity index (χ1v) is 7.49. The maximum absolute atomic E-state index is 12.1. The standard InChI is InChI=1S/C17H25NO3/c1-4-5-14(19)11-18-17(21)9-8-16(20)15-10-12(2)6-7-13(15)3/h6-7,10,14,19H,4-5,8-9,11H2,1-3H3,(H,18,21). The van der Waals surface area contributed by atoms with Crippen LogP contribution in [0.4, 0.5) is 0 Å². The van der Waals surface area contributed by atoms with E-state index >= 15 is 0 Å². The Kier molecular flexibility index (Phi) is 7.09. The van der Waals surface area contributed by atoms with Gasteiger partial charge < -0.3 is 10.4 Å². The predicted octanol–water partition coefficient (Wildman–Crippen LogP) is 2.54. The Hall–Kier alpha value is -1.68. The molecule has 2 N–H and O–H groups in total. The third-order valence-electron chi connectivity index (χ3n) is 3.43. The van der Waals surface area contributed by atoms with Crippen molar-refractivity contribution in [2.75, 3.05) is 6.54 Å². The van der Waals surface area contributed by atoms with E-state index in [0.29, 0.717) is 12.0 Å². The van der Waals surface area contributed by atoms with Crippen LogP contribution < -0.4 is 5.32 Å². The number of ketones is 1. The number of aryl methyl sites for hydroxylation is 2. The number of hydrogen-bond donors (Lipinski definition) is 2. The van der Waals surface area contributed by atoms with E-state index in [9.17, 15) is 14.7 Å². The van der Waals surface area contributed by atoms with Crippen molar-refractivity contribution in [2.45, 2.75) is 52.6 Å². The fraction of sp³-hybridized carbons (Fsp3) is 0.529. The predicted molar refractivity (Wildman–Crippen MR) is 83.4 cm³/mol. The molecule has 0 bridgehead atoms. The van der Waals surface area contributed by atoms with Crippen LogP contribution in [-0.4, -0.2) is 29.4 Å². The molecule has 1 rings (SSSR count). The van der Waals surface area contributed by atoms with E-state index in [0.717, 1.165) is 17.5 Å². The monoisotopic (exact) mass is 291 g/mol. The van der Waals surface area contributed by atoms with E-state index in [-0.39, 0.29) is 31.1 Å². The molecule has 1 aromatic rings. The van der Waals surface area contributed by atoms with Crippen molar-refractivity contribution < 1.29 is 14.7 Å². The molecule has 0 heterocycles. The summed E-state index contributed by atoms with van der Waals surface area (Å²) < 4.78 is 0. The molecule has 0 aliphatic heterocycles. The summed E-state index contributed by atoms with van der Waals surface area (Å²) in [4.78, 5) is 23.8. The summed E-state index contributed by atoms with van der Waals surface area (Å²) in [5.74, 6) is -0.204. The van der Waals surface area contributed by atoms with Crippen LogP contribution in [-0.2, 0) is 4.79 Å². The van der Waals surface area contributed by atoms with Crippen molar-refractivity contribution in [3.8, 4) is 0 Å². The molecule has 0 aromatic heterocycles. The van der Waals surface area contributed by atoms with E-state index in [1.165, 1.54) is 0 Å². The summed E-state index contributed by atoms with van der Waals surface area (Å²) in [6, 6.07) is 5.75. The highest BCUT2D eigenvalue weighted by atomic mass is 16.3. The van der Waals surface area contributed by atoms with Crippen molar-refractivity contribution in [2.24, 2.45) is 0 Å². The highest BCUT2D eigenvalue weighted by Crippen LogP contribution is 2.13. The van der Waals surface area contributed by atoms with Crippen LogP contribution in [0.25, 0.3) is 0 Å². The summed E-state index contributed by atoms with van der Waals surface area (Å²) in [6.07, 6.45) is 1.39. The van der Waals surface area contributed by atoms with Gasteiger partial charge in [0.15, 0.2) is 5.78 Å². The lowest BCUT2D eigenvalue weighted by Crippen LogP contribution is -2.32. The molecule has 116 valence electrons. The minimum atomic E-state index is -0.506. The van der Waals surface area contributed by atoms with Crippen molar-refractivity contribution in [3.05, 3.63) is 34.9 Å². The second-order valence-corrected chi connectivity index (χ2v) is 5.49. The van der Waals surface area contributed by atoms with Crippen LogP contribution in [0.15, 0.2) is 18.2 Å². The Morgan fingerprint density at radius 1 is 1.24 bits per heavy atom. The van der Waals surface area contributed by atoms with E-state index in [1.807, 2.05) is 39.0 Å². The zero-order chi connectivity index (χ0) is 15.8. The van der Waals surface area contributed by atoms with Crippen LogP contribution in [0.1, 0.15) is 54.1 Å². The number of benzene rings is 1. The van der Waals surface area contributed by atoms with Crippen LogP contribution in [0.2, 0.25) is 0 Å². The van der Waals surface area contributed by atoms with Crippen LogP contribution >= 0.6 is 0 Å². The van der Waals surface area contributed by atoms with Gasteiger partial charge in [-0.15, -0.1) is 0 Å². The van der Waals surface area contributed by atoms with Gasteiger partial charge in [-0.05, 0) is 31.9 Å². The molecule has 4 heteroatoms. The molecule has 1 aromatic carbocycles. The molecular formula is C17H25NO3. The Morgan fingerprint density at radius 3 is 2.62 bits per heavy atom. The molecule has 1 amide bonds. The summed E-state index contributed by atoms with van der Waals surface area (Å²) >= 11 is 0. The summed E-state index contributed by atoms with van der Waals surface area (Å²) in [7, 11) is 0. The zero-order valence-electron chi connectivity index (χ0n) is 13.1. The van der Waals surface area contributed by atoms with Gasteiger partial charge >= 0.3 is 0 Å². The lowest BCUT2D eigenvalue weighted by atomic mass is 9.99. The number of aliphatic hydroxyl groups is 1. The number of carbonyl (C=O) groups excluding carboxylic acids is 2. The quantitative estimate of drug-likeness (QED) is 0.723. The molecule has 4 nitrogen and oxygen atoms in total. The number of amides is 1.